The highest BCUT2D eigenvalue weighted by Crippen LogP contribution is 2.42. The predicted molar refractivity (Wildman–Crippen MR) is 117 cm³/mol. The van der Waals surface area contributed by atoms with Gasteiger partial charge in [0.05, 0.1) is 0 Å². The average molecular weight is 429 g/mol. The van der Waals surface area contributed by atoms with Crippen LogP contribution in [-0.2, 0) is 0 Å². The molecule has 0 bridgehead atoms. The molecule has 3 aromatic rings. The molecular weight excluding hydrogens is 407 g/mol. The van der Waals surface area contributed by atoms with Gasteiger partial charge >= 0.3 is 0 Å². The third kappa shape index (κ3) is 3.69. The largest absolute Gasteiger partial charge is 0.370 e. The van der Waals surface area contributed by atoms with Gasteiger partial charge in [0.25, 0.3) is 0 Å². The van der Waals surface area contributed by atoms with Gasteiger partial charge < -0.3 is 14.3 Å². The predicted octanol–water partition coefficient (Wildman–Crippen LogP) is 5.46. The van der Waals surface area contributed by atoms with Gasteiger partial charge in [-0.1, -0.05) is 28.4 Å². The maximum atomic E-state index is 6.13. The number of pyridine rings is 1. The zero-order chi connectivity index (χ0) is 20.0. The van der Waals surface area contributed by atoms with Crippen LogP contribution in [0.4, 0.5) is 11.6 Å². The summed E-state index contributed by atoms with van der Waals surface area (Å²) in [5.41, 5.74) is 4.25. The number of nitrogens with zero attached hydrogens (tertiary/aromatic N) is 4. The minimum absolute atomic E-state index is 0.307. The first-order valence-corrected chi connectivity index (χ1v) is 10.6. The first kappa shape index (κ1) is 18.8. The number of piperidine rings is 1. The van der Waals surface area contributed by atoms with Gasteiger partial charge in [-0.05, 0) is 50.1 Å². The second-order valence-electron chi connectivity index (χ2n) is 8.25. The van der Waals surface area contributed by atoms with E-state index in [4.69, 9.17) is 27.7 Å². The molecule has 2 aliphatic rings. The summed E-state index contributed by atoms with van der Waals surface area (Å²) in [4.78, 5) is 9.07. The lowest BCUT2D eigenvalue weighted by molar-refractivity contribution is 0.170. The van der Waals surface area contributed by atoms with Crippen LogP contribution >= 0.6 is 23.2 Å². The van der Waals surface area contributed by atoms with Crippen molar-refractivity contribution < 1.29 is 4.52 Å². The summed E-state index contributed by atoms with van der Waals surface area (Å²) in [5, 5.41) is 5.44. The van der Waals surface area contributed by atoms with Crippen molar-refractivity contribution in [1.82, 2.24) is 10.1 Å². The highest BCUT2D eigenvalue weighted by molar-refractivity contribution is 6.35. The minimum Gasteiger partial charge on any atom is -0.370 e. The first-order chi connectivity index (χ1) is 14.0. The smallest absolute Gasteiger partial charge is 0.227 e. The highest BCUT2D eigenvalue weighted by atomic mass is 35.5. The number of anilines is 2. The zero-order valence-corrected chi connectivity index (χ0v) is 17.7. The van der Waals surface area contributed by atoms with Crippen LogP contribution in [0.3, 0.4) is 0 Å². The van der Waals surface area contributed by atoms with E-state index in [9.17, 15) is 0 Å². The quantitative estimate of drug-likeness (QED) is 0.554. The van der Waals surface area contributed by atoms with Crippen molar-refractivity contribution in [1.29, 1.82) is 0 Å². The lowest BCUT2D eigenvalue weighted by atomic mass is 9.73. The molecule has 29 heavy (non-hydrogen) atoms. The Morgan fingerprint density at radius 1 is 1.00 bits per heavy atom. The van der Waals surface area contributed by atoms with E-state index < -0.39 is 0 Å². The number of benzene rings is 1. The van der Waals surface area contributed by atoms with E-state index in [1.54, 1.807) is 6.07 Å². The van der Waals surface area contributed by atoms with Crippen LogP contribution in [0.2, 0.25) is 10.0 Å². The van der Waals surface area contributed by atoms with Crippen molar-refractivity contribution in [3.63, 3.8) is 0 Å². The molecule has 0 amide bonds. The third-order valence-electron chi connectivity index (χ3n) is 5.93. The fourth-order valence-electron chi connectivity index (χ4n) is 4.58. The van der Waals surface area contributed by atoms with Gasteiger partial charge in [-0.25, -0.2) is 0 Å². The van der Waals surface area contributed by atoms with Gasteiger partial charge in [0.15, 0.2) is 0 Å². The average Bonchev–Trinajstić information content (AvgIpc) is 3.16. The SMILES string of the molecule is Cc1cc(N2CC3(CCCN(c4cc(-c5cc(Cl)cc(Cl)c5)no4)C3)C2)ccn1. The molecule has 0 unspecified atom stereocenters. The Morgan fingerprint density at radius 2 is 1.76 bits per heavy atom. The molecule has 2 fully saturated rings. The molecule has 0 saturated carbocycles. The number of rotatable bonds is 3. The van der Waals surface area contributed by atoms with Crippen molar-refractivity contribution in [3.8, 4) is 11.3 Å². The monoisotopic (exact) mass is 428 g/mol. The fraction of sp³-hybridized carbons (Fsp3) is 0.364. The Hall–Kier alpha value is -2.24. The van der Waals surface area contributed by atoms with Gasteiger partial charge in [0.1, 0.15) is 5.69 Å². The molecule has 4 heterocycles. The highest BCUT2D eigenvalue weighted by Gasteiger charge is 2.46. The lowest BCUT2D eigenvalue weighted by Gasteiger charge is -2.55. The van der Waals surface area contributed by atoms with Crippen LogP contribution in [0.25, 0.3) is 11.3 Å². The van der Waals surface area contributed by atoms with E-state index in [2.05, 4.69) is 32.1 Å². The van der Waals surface area contributed by atoms with Crippen LogP contribution in [0.1, 0.15) is 18.5 Å². The number of halogens is 2. The summed E-state index contributed by atoms with van der Waals surface area (Å²) in [6.07, 6.45) is 4.29. The van der Waals surface area contributed by atoms with Crippen molar-refractivity contribution in [3.05, 3.63) is 58.3 Å². The molecule has 5 nitrogen and oxygen atoms in total. The summed E-state index contributed by atoms with van der Waals surface area (Å²) in [7, 11) is 0. The van der Waals surface area contributed by atoms with E-state index in [0.717, 1.165) is 55.4 Å². The van der Waals surface area contributed by atoms with E-state index in [-0.39, 0.29) is 0 Å². The maximum absolute atomic E-state index is 6.13. The molecule has 7 heteroatoms. The number of aromatic nitrogens is 2. The summed E-state index contributed by atoms with van der Waals surface area (Å²) >= 11 is 12.3. The number of aryl methyl sites for hydroxylation is 1. The van der Waals surface area contributed by atoms with Gasteiger partial charge in [0, 0.05) is 70.8 Å². The van der Waals surface area contributed by atoms with Crippen molar-refractivity contribution >= 4 is 34.8 Å². The lowest BCUT2D eigenvalue weighted by Crippen LogP contribution is -2.63. The van der Waals surface area contributed by atoms with Crippen molar-refractivity contribution in [2.75, 3.05) is 36.0 Å². The molecule has 150 valence electrons. The van der Waals surface area contributed by atoms with Gasteiger partial charge in [-0.3, -0.25) is 4.98 Å². The zero-order valence-electron chi connectivity index (χ0n) is 16.2. The third-order valence-corrected chi connectivity index (χ3v) is 6.36. The number of hydrogen-bond donors (Lipinski definition) is 0. The summed E-state index contributed by atoms with van der Waals surface area (Å²) in [5.74, 6) is 0.813. The molecule has 1 spiro atoms. The molecule has 0 N–H and O–H groups in total. The van der Waals surface area contributed by atoms with Crippen LogP contribution in [0, 0.1) is 12.3 Å². The van der Waals surface area contributed by atoms with Crippen molar-refractivity contribution in [2.45, 2.75) is 19.8 Å². The Morgan fingerprint density at radius 3 is 2.52 bits per heavy atom. The second-order valence-corrected chi connectivity index (χ2v) is 9.12. The summed E-state index contributed by atoms with van der Waals surface area (Å²) < 4.78 is 5.70. The molecular formula is C22H22Cl2N4O. The normalized spacial score (nSPS) is 18.2. The molecule has 2 aliphatic heterocycles. The van der Waals surface area contributed by atoms with Crippen LogP contribution in [-0.4, -0.2) is 36.3 Å². The Balaban J connectivity index is 1.30. The molecule has 2 saturated heterocycles. The van der Waals surface area contributed by atoms with E-state index in [0.29, 0.717) is 15.5 Å². The summed E-state index contributed by atoms with van der Waals surface area (Å²) in [6, 6.07) is 11.7. The van der Waals surface area contributed by atoms with Crippen LogP contribution in [0.5, 0.6) is 0 Å². The Labute approximate surface area is 180 Å². The molecule has 0 atom stereocenters. The van der Waals surface area contributed by atoms with Crippen molar-refractivity contribution in [2.24, 2.45) is 5.41 Å². The number of hydrogen-bond acceptors (Lipinski definition) is 5. The molecule has 2 aromatic heterocycles. The van der Waals surface area contributed by atoms with Gasteiger partial charge in [-0.15, -0.1) is 0 Å². The van der Waals surface area contributed by atoms with E-state index in [1.807, 2.05) is 31.3 Å². The van der Waals surface area contributed by atoms with Crippen LogP contribution < -0.4 is 9.80 Å². The topological polar surface area (TPSA) is 45.4 Å². The van der Waals surface area contributed by atoms with Crippen LogP contribution in [0.15, 0.2) is 47.1 Å². The molecule has 0 radical (unpaired) electrons. The first-order valence-electron chi connectivity index (χ1n) is 9.86. The van der Waals surface area contributed by atoms with E-state index >= 15 is 0 Å². The molecule has 1 aromatic carbocycles. The Kier molecular flexibility index (Phi) is 4.67. The van der Waals surface area contributed by atoms with Gasteiger partial charge in [0.2, 0.25) is 5.88 Å². The van der Waals surface area contributed by atoms with Gasteiger partial charge in [-0.2, -0.15) is 0 Å². The fourth-order valence-corrected chi connectivity index (χ4v) is 5.11. The molecule has 0 aliphatic carbocycles. The van der Waals surface area contributed by atoms with E-state index in [1.165, 1.54) is 12.1 Å². The minimum atomic E-state index is 0.307. The summed E-state index contributed by atoms with van der Waals surface area (Å²) in [6.45, 7) is 6.14. The molecule has 5 rings (SSSR count). The Bertz CT molecular complexity index is 1020. The standard InChI is InChI=1S/C22H22Cl2N4O/c1-15-7-19(3-5-25-15)28-13-22(14-28)4-2-6-27(12-22)21-11-20(26-29-21)16-8-17(23)10-18(24)9-16/h3,5,7-11H,2,4,6,12-14H2,1H3. The second kappa shape index (κ2) is 7.22. The maximum Gasteiger partial charge on any atom is 0.227 e.